The van der Waals surface area contributed by atoms with Gasteiger partial charge in [0.25, 0.3) is 5.91 Å². The molecule has 10 nitrogen and oxygen atoms in total. The van der Waals surface area contributed by atoms with Crippen molar-refractivity contribution in [2.45, 2.75) is 26.3 Å². The molecule has 5 heterocycles. The normalized spacial score (nSPS) is 14.3. The molecule has 0 bridgehead atoms. The van der Waals surface area contributed by atoms with Gasteiger partial charge < -0.3 is 9.84 Å². The Morgan fingerprint density at radius 1 is 1.17 bits per heavy atom. The lowest BCUT2D eigenvalue weighted by atomic mass is 9.96. The fraction of sp³-hybridized carbons (Fsp3) is 0.240. The number of carbonyl (C=O) groups excluding carboxylic acids is 1. The number of hydrogen-bond donors (Lipinski definition) is 1. The highest BCUT2D eigenvalue weighted by Crippen LogP contribution is 2.30. The minimum atomic E-state index is -0.282. The summed E-state index contributed by atoms with van der Waals surface area (Å²) in [5.74, 6) is 1.41. The zero-order chi connectivity index (χ0) is 23.9. The second kappa shape index (κ2) is 8.48. The number of nitrogens with one attached hydrogen (secondary N) is 1. The summed E-state index contributed by atoms with van der Waals surface area (Å²) in [4.78, 5) is 19.8. The zero-order valence-corrected chi connectivity index (χ0v) is 19.4. The Labute approximate surface area is 201 Å². The predicted molar refractivity (Wildman–Crippen MR) is 128 cm³/mol. The Balaban J connectivity index is 1.26. The van der Waals surface area contributed by atoms with Gasteiger partial charge in [0.05, 0.1) is 23.3 Å². The Morgan fingerprint density at radius 2 is 2.00 bits per heavy atom. The number of likely N-dealkylation sites (tertiary alicyclic amines) is 1. The number of fused-ring (bicyclic) bond motifs is 1. The van der Waals surface area contributed by atoms with Gasteiger partial charge in [-0.3, -0.25) is 9.69 Å². The molecule has 0 radical (unpaired) electrons. The molecule has 35 heavy (non-hydrogen) atoms. The first-order valence-electron chi connectivity index (χ1n) is 11.4. The monoisotopic (exact) mass is 468 g/mol. The molecule has 0 atom stereocenters. The first-order valence-corrected chi connectivity index (χ1v) is 11.4. The predicted octanol–water partition coefficient (Wildman–Crippen LogP) is 3.37. The van der Waals surface area contributed by atoms with E-state index >= 15 is 0 Å². The molecule has 176 valence electrons. The van der Waals surface area contributed by atoms with Crippen molar-refractivity contribution in [3.05, 3.63) is 89.3 Å². The Hall–Kier alpha value is -4.31. The van der Waals surface area contributed by atoms with Gasteiger partial charge in [-0.1, -0.05) is 22.9 Å². The maximum absolute atomic E-state index is 13.2. The van der Waals surface area contributed by atoms with E-state index in [0.717, 1.165) is 48.0 Å². The van der Waals surface area contributed by atoms with Gasteiger partial charge in [0, 0.05) is 50.1 Å². The standard InChI is InChI=1S/C25H24N8O2/c1-16-4-6-20(7-5-16)33-23(28-25(34)21-12-27-32-9-3-8-26-24(21)32)11-22(29-33)18-13-31(14-18)15-19-10-17(2)35-30-19/h3-12,18H,13-15H2,1-2H3,(H,28,34). The third kappa shape index (κ3) is 4.08. The Kier molecular flexibility index (Phi) is 5.14. The van der Waals surface area contributed by atoms with E-state index < -0.39 is 0 Å². The smallest absolute Gasteiger partial charge is 0.262 e. The SMILES string of the molecule is Cc1ccc(-n2nc(C3CN(Cc4cc(C)on4)C3)cc2NC(=O)c2cnn3cccnc23)cc1. The van der Waals surface area contributed by atoms with Gasteiger partial charge in [0.2, 0.25) is 0 Å². The quantitative estimate of drug-likeness (QED) is 0.407. The van der Waals surface area contributed by atoms with Crippen LogP contribution in [0.1, 0.15) is 39.0 Å². The summed E-state index contributed by atoms with van der Waals surface area (Å²) in [6.45, 7) is 6.41. The lowest BCUT2D eigenvalue weighted by molar-refractivity contribution is 0.102. The highest BCUT2D eigenvalue weighted by molar-refractivity contribution is 6.07. The maximum Gasteiger partial charge on any atom is 0.262 e. The maximum atomic E-state index is 13.2. The van der Waals surface area contributed by atoms with Gasteiger partial charge in [-0.25, -0.2) is 14.2 Å². The number of benzene rings is 1. The summed E-state index contributed by atoms with van der Waals surface area (Å²) in [6.07, 6.45) is 4.93. The van der Waals surface area contributed by atoms with Crippen LogP contribution in [0, 0.1) is 13.8 Å². The largest absolute Gasteiger partial charge is 0.361 e. The van der Waals surface area contributed by atoms with Crippen LogP contribution in [0.25, 0.3) is 11.3 Å². The number of anilines is 1. The van der Waals surface area contributed by atoms with Crippen LogP contribution in [-0.4, -0.2) is 53.4 Å². The molecule has 1 aliphatic heterocycles. The minimum absolute atomic E-state index is 0.268. The molecule has 1 N–H and O–H groups in total. The van der Waals surface area contributed by atoms with Gasteiger partial charge in [0.1, 0.15) is 17.1 Å². The van der Waals surface area contributed by atoms with Crippen molar-refractivity contribution in [1.29, 1.82) is 0 Å². The summed E-state index contributed by atoms with van der Waals surface area (Å²) < 4.78 is 8.54. The molecule has 1 fully saturated rings. The van der Waals surface area contributed by atoms with Crippen LogP contribution in [0.5, 0.6) is 0 Å². The third-order valence-corrected chi connectivity index (χ3v) is 6.21. The van der Waals surface area contributed by atoms with Gasteiger partial charge in [-0.2, -0.15) is 10.2 Å². The lowest BCUT2D eigenvalue weighted by Gasteiger charge is -2.37. The topological polar surface area (TPSA) is 106 Å². The zero-order valence-electron chi connectivity index (χ0n) is 19.4. The third-order valence-electron chi connectivity index (χ3n) is 6.21. The van der Waals surface area contributed by atoms with Crippen LogP contribution in [0.3, 0.4) is 0 Å². The molecule has 1 saturated heterocycles. The number of aryl methyl sites for hydroxylation is 2. The van der Waals surface area contributed by atoms with Crippen LogP contribution in [-0.2, 0) is 6.54 Å². The number of rotatable bonds is 6. The van der Waals surface area contributed by atoms with E-state index in [-0.39, 0.29) is 11.8 Å². The first kappa shape index (κ1) is 21.2. The molecule has 1 amide bonds. The number of nitrogens with zero attached hydrogens (tertiary/aromatic N) is 7. The summed E-state index contributed by atoms with van der Waals surface area (Å²) in [5.41, 5.74) is 4.81. The summed E-state index contributed by atoms with van der Waals surface area (Å²) in [5, 5.41) is 16.2. The molecular formula is C25H24N8O2. The number of hydrogen-bond acceptors (Lipinski definition) is 7. The lowest BCUT2D eigenvalue weighted by Crippen LogP contribution is -2.44. The van der Waals surface area contributed by atoms with E-state index in [1.54, 1.807) is 27.7 Å². The second-order valence-corrected chi connectivity index (χ2v) is 8.92. The molecule has 0 spiro atoms. The molecule has 1 aromatic carbocycles. The minimum Gasteiger partial charge on any atom is -0.361 e. The highest BCUT2D eigenvalue weighted by atomic mass is 16.5. The average molecular weight is 469 g/mol. The van der Waals surface area contributed by atoms with E-state index in [0.29, 0.717) is 17.0 Å². The second-order valence-electron chi connectivity index (χ2n) is 8.92. The van der Waals surface area contributed by atoms with Gasteiger partial charge in [-0.05, 0) is 32.0 Å². The molecule has 0 aliphatic carbocycles. The van der Waals surface area contributed by atoms with Crippen molar-refractivity contribution in [2.24, 2.45) is 0 Å². The van der Waals surface area contributed by atoms with Crippen LogP contribution in [0.15, 0.2) is 65.6 Å². The van der Waals surface area contributed by atoms with E-state index in [1.165, 1.54) is 6.20 Å². The fourth-order valence-corrected chi connectivity index (χ4v) is 4.35. The van der Waals surface area contributed by atoms with Gasteiger partial charge >= 0.3 is 0 Å². The number of carbonyl (C=O) groups is 1. The average Bonchev–Trinajstić information content (AvgIpc) is 3.55. The van der Waals surface area contributed by atoms with Crippen molar-refractivity contribution in [3.8, 4) is 5.69 Å². The molecule has 10 heteroatoms. The van der Waals surface area contributed by atoms with Crippen LogP contribution in [0.4, 0.5) is 5.82 Å². The van der Waals surface area contributed by atoms with E-state index in [9.17, 15) is 4.79 Å². The summed E-state index contributed by atoms with van der Waals surface area (Å²) >= 11 is 0. The van der Waals surface area contributed by atoms with Crippen molar-refractivity contribution in [2.75, 3.05) is 18.4 Å². The van der Waals surface area contributed by atoms with Gasteiger partial charge in [0.15, 0.2) is 5.65 Å². The first-order chi connectivity index (χ1) is 17.0. The van der Waals surface area contributed by atoms with Crippen LogP contribution < -0.4 is 5.32 Å². The fourth-order valence-electron chi connectivity index (χ4n) is 4.35. The molecule has 0 unspecified atom stereocenters. The van der Waals surface area contributed by atoms with E-state index in [4.69, 9.17) is 9.62 Å². The molecule has 1 aliphatic rings. The number of amides is 1. The Morgan fingerprint density at radius 3 is 2.77 bits per heavy atom. The molecule has 0 saturated carbocycles. The van der Waals surface area contributed by atoms with Gasteiger partial charge in [-0.15, -0.1) is 0 Å². The summed E-state index contributed by atoms with van der Waals surface area (Å²) in [6, 6.07) is 13.7. The molecule has 4 aromatic heterocycles. The van der Waals surface area contributed by atoms with E-state index in [2.05, 4.69) is 25.5 Å². The summed E-state index contributed by atoms with van der Waals surface area (Å²) in [7, 11) is 0. The highest BCUT2D eigenvalue weighted by Gasteiger charge is 2.31. The van der Waals surface area contributed by atoms with Crippen LogP contribution >= 0.6 is 0 Å². The van der Waals surface area contributed by atoms with Crippen molar-refractivity contribution in [1.82, 2.24) is 34.4 Å². The molecule has 5 aromatic rings. The van der Waals surface area contributed by atoms with Crippen LogP contribution in [0.2, 0.25) is 0 Å². The Bertz CT molecular complexity index is 1510. The number of aromatic nitrogens is 6. The van der Waals surface area contributed by atoms with E-state index in [1.807, 2.05) is 50.2 Å². The molecule has 6 rings (SSSR count). The van der Waals surface area contributed by atoms with Crippen molar-refractivity contribution < 1.29 is 9.32 Å². The van der Waals surface area contributed by atoms with Crippen molar-refractivity contribution in [3.63, 3.8) is 0 Å². The molecular weight excluding hydrogens is 444 g/mol. The van der Waals surface area contributed by atoms with Crippen molar-refractivity contribution >= 4 is 17.4 Å².